The summed E-state index contributed by atoms with van der Waals surface area (Å²) in [6, 6.07) is 4.80. The molecule has 0 fully saturated rings. The zero-order valence-electron chi connectivity index (χ0n) is 12.0. The number of amides is 1. The van der Waals surface area contributed by atoms with Gasteiger partial charge in [-0.1, -0.05) is 0 Å². The first-order valence-corrected chi connectivity index (χ1v) is 7.63. The lowest BCUT2D eigenvalue weighted by molar-refractivity contribution is -0.119. The van der Waals surface area contributed by atoms with Crippen LogP contribution in [0.4, 0.5) is 13.9 Å². The normalized spacial score (nSPS) is 12.1. The maximum absolute atomic E-state index is 13.3. The zero-order valence-corrected chi connectivity index (χ0v) is 12.8. The van der Waals surface area contributed by atoms with Gasteiger partial charge in [0.15, 0.2) is 16.8 Å². The molecular formula is C15H12F2N4OS. The number of anilines is 1. The van der Waals surface area contributed by atoms with Crippen LogP contribution in [-0.4, -0.2) is 20.7 Å². The van der Waals surface area contributed by atoms with Gasteiger partial charge in [0, 0.05) is 23.3 Å². The van der Waals surface area contributed by atoms with Gasteiger partial charge in [-0.25, -0.2) is 13.8 Å². The molecule has 8 heteroatoms. The number of hydrogen-bond donors (Lipinski definition) is 1. The number of hydrogen-bond acceptors (Lipinski definition) is 4. The van der Waals surface area contributed by atoms with Crippen molar-refractivity contribution < 1.29 is 13.6 Å². The smallest absolute Gasteiger partial charge is 0.250 e. The second-order valence-corrected chi connectivity index (χ2v) is 5.68. The second-order valence-electron chi connectivity index (χ2n) is 4.82. The highest BCUT2D eigenvalue weighted by molar-refractivity contribution is 7.14. The molecule has 1 aromatic carbocycles. The molecule has 2 aromatic heterocycles. The van der Waals surface area contributed by atoms with E-state index < -0.39 is 17.7 Å². The van der Waals surface area contributed by atoms with Crippen LogP contribution in [0.15, 0.2) is 42.0 Å². The Bertz CT molecular complexity index is 832. The van der Waals surface area contributed by atoms with Crippen molar-refractivity contribution in [1.82, 2.24) is 14.8 Å². The minimum absolute atomic E-state index is 0.264. The zero-order chi connectivity index (χ0) is 16.4. The molecule has 1 atom stereocenters. The van der Waals surface area contributed by atoms with Gasteiger partial charge in [-0.05, 0) is 31.2 Å². The molecule has 0 saturated carbocycles. The quantitative estimate of drug-likeness (QED) is 0.794. The average Bonchev–Trinajstić information content (AvgIpc) is 3.20. The molecule has 0 unspecified atom stereocenters. The fraction of sp³-hybridized carbons (Fsp3) is 0.133. The molecule has 0 radical (unpaired) electrons. The standard InChI is InChI=1S/C15H12F2N4OS/c1-9(21-6-2-5-18-21)14(22)20-15-19-13(8-23-15)10-3-4-11(16)12(17)7-10/h2-9H,1H3,(H,19,20,22)/t9-/m1/s1. The largest absolute Gasteiger partial charge is 0.300 e. The SMILES string of the molecule is C[C@H](C(=O)Nc1nc(-c2ccc(F)c(F)c2)cs1)n1cccn1. The first kappa shape index (κ1) is 15.3. The molecule has 0 aliphatic carbocycles. The van der Waals surface area contributed by atoms with E-state index >= 15 is 0 Å². The number of rotatable bonds is 4. The van der Waals surface area contributed by atoms with E-state index in [1.54, 1.807) is 30.8 Å². The minimum atomic E-state index is -0.937. The van der Waals surface area contributed by atoms with Crippen LogP contribution in [-0.2, 0) is 4.79 Å². The maximum Gasteiger partial charge on any atom is 0.250 e. The Morgan fingerprint density at radius 3 is 2.87 bits per heavy atom. The van der Waals surface area contributed by atoms with Crippen LogP contribution in [0.5, 0.6) is 0 Å². The van der Waals surface area contributed by atoms with Gasteiger partial charge >= 0.3 is 0 Å². The molecule has 1 amide bonds. The molecule has 5 nitrogen and oxygen atoms in total. The number of carbonyl (C=O) groups excluding carboxylic acids is 1. The molecule has 3 aromatic rings. The Labute approximate surface area is 134 Å². The molecule has 0 bridgehead atoms. The number of aromatic nitrogens is 3. The second kappa shape index (κ2) is 6.25. The van der Waals surface area contributed by atoms with Crippen LogP contribution in [0.1, 0.15) is 13.0 Å². The van der Waals surface area contributed by atoms with Crippen LogP contribution in [0, 0.1) is 11.6 Å². The van der Waals surface area contributed by atoms with E-state index in [0.29, 0.717) is 16.4 Å². The Kier molecular flexibility index (Phi) is 4.16. The van der Waals surface area contributed by atoms with E-state index in [0.717, 1.165) is 12.1 Å². The number of halogens is 2. The van der Waals surface area contributed by atoms with Crippen molar-refractivity contribution in [3.8, 4) is 11.3 Å². The summed E-state index contributed by atoms with van der Waals surface area (Å²) >= 11 is 1.21. The van der Waals surface area contributed by atoms with Gasteiger partial charge in [-0.15, -0.1) is 11.3 Å². The molecule has 0 spiro atoms. The van der Waals surface area contributed by atoms with E-state index in [4.69, 9.17) is 0 Å². The summed E-state index contributed by atoms with van der Waals surface area (Å²) in [5.41, 5.74) is 0.914. The monoisotopic (exact) mass is 334 g/mol. The molecule has 0 saturated heterocycles. The Morgan fingerprint density at radius 1 is 1.35 bits per heavy atom. The van der Waals surface area contributed by atoms with Gasteiger partial charge in [0.05, 0.1) is 5.69 Å². The van der Waals surface area contributed by atoms with Crippen LogP contribution in [0.2, 0.25) is 0 Å². The summed E-state index contributed by atoms with van der Waals surface area (Å²) in [6.45, 7) is 1.71. The van der Waals surface area contributed by atoms with Gasteiger partial charge in [0.1, 0.15) is 6.04 Å². The molecule has 118 valence electrons. The van der Waals surface area contributed by atoms with Gasteiger partial charge in [0.2, 0.25) is 0 Å². The molecule has 3 rings (SSSR count). The summed E-state index contributed by atoms with van der Waals surface area (Å²) < 4.78 is 27.7. The summed E-state index contributed by atoms with van der Waals surface area (Å²) in [5, 5.41) is 8.75. The number of nitrogens with zero attached hydrogens (tertiary/aromatic N) is 3. The lowest BCUT2D eigenvalue weighted by atomic mass is 10.2. The van der Waals surface area contributed by atoms with E-state index in [1.165, 1.54) is 22.1 Å². The van der Waals surface area contributed by atoms with Gasteiger partial charge in [-0.3, -0.25) is 9.48 Å². The number of carbonyl (C=O) groups is 1. The number of benzene rings is 1. The lowest BCUT2D eigenvalue weighted by Crippen LogP contribution is -2.23. The molecule has 0 aliphatic heterocycles. The minimum Gasteiger partial charge on any atom is -0.300 e. The predicted octanol–water partition coefficient (Wildman–Crippen LogP) is 3.48. The van der Waals surface area contributed by atoms with Crippen molar-refractivity contribution in [3.63, 3.8) is 0 Å². The maximum atomic E-state index is 13.3. The highest BCUT2D eigenvalue weighted by Gasteiger charge is 2.17. The summed E-state index contributed by atoms with van der Waals surface area (Å²) in [5.74, 6) is -2.11. The van der Waals surface area contributed by atoms with Crippen molar-refractivity contribution in [1.29, 1.82) is 0 Å². The Hall–Kier alpha value is -2.61. The summed E-state index contributed by atoms with van der Waals surface area (Å²) in [7, 11) is 0. The van der Waals surface area contributed by atoms with E-state index in [2.05, 4.69) is 15.4 Å². The molecule has 2 heterocycles. The van der Waals surface area contributed by atoms with Crippen molar-refractivity contribution in [2.75, 3.05) is 5.32 Å². The van der Waals surface area contributed by atoms with E-state index in [1.807, 2.05) is 0 Å². The van der Waals surface area contributed by atoms with Crippen LogP contribution in [0.25, 0.3) is 11.3 Å². The first-order valence-electron chi connectivity index (χ1n) is 6.75. The molecule has 23 heavy (non-hydrogen) atoms. The van der Waals surface area contributed by atoms with Gasteiger partial charge in [-0.2, -0.15) is 5.10 Å². The van der Waals surface area contributed by atoms with Crippen molar-refractivity contribution in [2.24, 2.45) is 0 Å². The summed E-state index contributed by atoms with van der Waals surface area (Å²) in [6.07, 6.45) is 3.28. The Morgan fingerprint density at radius 2 is 2.17 bits per heavy atom. The number of thiazole rings is 1. The lowest BCUT2D eigenvalue weighted by Gasteiger charge is -2.10. The van der Waals surface area contributed by atoms with Crippen molar-refractivity contribution >= 4 is 22.4 Å². The third-order valence-corrected chi connectivity index (χ3v) is 4.01. The first-order chi connectivity index (χ1) is 11.0. The van der Waals surface area contributed by atoms with Gasteiger partial charge < -0.3 is 5.32 Å². The Balaban J connectivity index is 1.74. The average molecular weight is 334 g/mol. The van der Waals surface area contributed by atoms with E-state index in [9.17, 15) is 13.6 Å². The van der Waals surface area contributed by atoms with Gasteiger partial charge in [0.25, 0.3) is 5.91 Å². The van der Waals surface area contributed by atoms with Crippen molar-refractivity contribution in [2.45, 2.75) is 13.0 Å². The van der Waals surface area contributed by atoms with Crippen LogP contribution < -0.4 is 5.32 Å². The third kappa shape index (κ3) is 3.26. The van der Waals surface area contributed by atoms with Crippen LogP contribution >= 0.6 is 11.3 Å². The fourth-order valence-corrected chi connectivity index (χ4v) is 2.68. The highest BCUT2D eigenvalue weighted by atomic mass is 32.1. The molecular weight excluding hydrogens is 322 g/mol. The van der Waals surface area contributed by atoms with E-state index in [-0.39, 0.29) is 5.91 Å². The molecule has 1 N–H and O–H groups in total. The molecule has 0 aliphatic rings. The van der Waals surface area contributed by atoms with Crippen molar-refractivity contribution in [3.05, 3.63) is 53.7 Å². The predicted molar refractivity (Wildman–Crippen MR) is 83.0 cm³/mol. The topological polar surface area (TPSA) is 59.8 Å². The number of nitrogens with one attached hydrogen (secondary N) is 1. The highest BCUT2D eigenvalue weighted by Crippen LogP contribution is 2.26. The fourth-order valence-electron chi connectivity index (χ4n) is 1.96. The third-order valence-electron chi connectivity index (χ3n) is 3.25. The van der Waals surface area contributed by atoms with Crippen LogP contribution in [0.3, 0.4) is 0 Å². The summed E-state index contributed by atoms with van der Waals surface area (Å²) in [4.78, 5) is 16.4.